The summed E-state index contributed by atoms with van der Waals surface area (Å²) in [5, 5.41) is 0. The molecule has 1 aromatic heterocycles. The molecule has 0 N–H and O–H groups in total. The second-order valence-corrected chi connectivity index (χ2v) is 12.1. The summed E-state index contributed by atoms with van der Waals surface area (Å²) in [6.45, 7) is 9.95. The molecule has 4 rings (SSSR count). The van der Waals surface area contributed by atoms with Gasteiger partial charge in [-0.05, 0) is 55.9 Å². The summed E-state index contributed by atoms with van der Waals surface area (Å²) in [5.74, 6) is 0.00405. The van der Waals surface area contributed by atoms with Crippen molar-refractivity contribution >= 4 is 28.9 Å². The lowest BCUT2D eigenvalue weighted by Gasteiger charge is -2.42. The van der Waals surface area contributed by atoms with E-state index < -0.39 is 5.79 Å². The molecule has 33 heavy (non-hydrogen) atoms. The number of hydrogen-bond donors (Lipinski definition) is 0. The van der Waals surface area contributed by atoms with E-state index in [1.54, 1.807) is 0 Å². The Labute approximate surface area is 202 Å². The van der Waals surface area contributed by atoms with E-state index in [9.17, 15) is 9.59 Å². The van der Waals surface area contributed by atoms with E-state index >= 15 is 0 Å². The van der Waals surface area contributed by atoms with Crippen molar-refractivity contribution in [2.45, 2.75) is 96.3 Å². The zero-order chi connectivity index (χ0) is 23.8. The normalized spacial score (nSPS) is 25.8. The van der Waals surface area contributed by atoms with Crippen LogP contribution >= 0.6 is 11.3 Å². The first kappa shape index (κ1) is 24.7. The maximum atomic E-state index is 14.1. The third-order valence-corrected chi connectivity index (χ3v) is 9.11. The largest absolute Gasteiger partial charge is 0.465 e. The average molecular weight is 478 g/mol. The van der Waals surface area contributed by atoms with Crippen molar-refractivity contribution in [3.8, 4) is 0 Å². The zero-order valence-electron chi connectivity index (χ0n) is 20.8. The smallest absolute Gasteiger partial charge is 0.350 e. The van der Waals surface area contributed by atoms with Gasteiger partial charge in [0.15, 0.2) is 5.79 Å². The summed E-state index contributed by atoms with van der Waals surface area (Å²) in [6, 6.07) is 2.09. The van der Waals surface area contributed by atoms with Gasteiger partial charge < -0.3 is 19.1 Å². The Morgan fingerprint density at radius 3 is 2.21 bits per heavy atom. The van der Waals surface area contributed by atoms with Gasteiger partial charge in [0.2, 0.25) is 5.91 Å². The predicted octanol–water partition coefficient (Wildman–Crippen LogP) is 5.68. The molecule has 0 unspecified atom stereocenters. The highest BCUT2D eigenvalue weighted by molar-refractivity contribution is 7.14. The van der Waals surface area contributed by atoms with Crippen LogP contribution in [0.15, 0.2) is 6.07 Å². The number of rotatable bonds is 4. The van der Waals surface area contributed by atoms with E-state index in [4.69, 9.17) is 14.2 Å². The molecule has 6 nitrogen and oxygen atoms in total. The summed E-state index contributed by atoms with van der Waals surface area (Å²) >= 11 is 1.46. The van der Waals surface area contributed by atoms with Crippen LogP contribution in [0.4, 0.5) is 5.69 Å². The molecular formula is C26H39NO5S. The second kappa shape index (κ2) is 9.67. The summed E-state index contributed by atoms with van der Waals surface area (Å²) in [7, 11) is 1.41. The lowest BCUT2D eigenvalue weighted by molar-refractivity contribution is -0.179. The second-order valence-electron chi connectivity index (χ2n) is 11.1. The monoisotopic (exact) mass is 477 g/mol. The minimum absolute atomic E-state index is 0.0135. The Morgan fingerprint density at radius 2 is 1.67 bits per heavy atom. The fraction of sp³-hybridized carbons (Fsp3) is 0.769. The summed E-state index contributed by atoms with van der Waals surface area (Å²) in [6.07, 6.45) is 7.15. The van der Waals surface area contributed by atoms with Crippen molar-refractivity contribution in [2.75, 3.05) is 25.2 Å². The topological polar surface area (TPSA) is 65.1 Å². The van der Waals surface area contributed by atoms with Crippen LogP contribution in [0.25, 0.3) is 0 Å². The van der Waals surface area contributed by atoms with Gasteiger partial charge in [-0.2, -0.15) is 0 Å². The molecule has 0 aromatic carbocycles. The number of carbonyl (C=O) groups is 2. The van der Waals surface area contributed by atoms with E-state index in [0.717, 1.165) is 61.9 Å². The Balaban J connectivity index is 1.69. The first-order valence-electron chi connectivity index (χ1n) is 12.5. The van der Waals surface area contributed by atoms with Gasteiger partial charge in [0, 0.05) is 29.7 Å². The van der Waals surface area contributed by atoms with Gasteiger partial charge in [0.1, 0.15) is 4.88 Å². The quantitative estimate of drug-likeness (QED) is 0.522. The third kappa shape index (κ3) is 5.15. The number of thiophene rings is 1. The van der Waals surface area contributed by atoms with Gasteiger partial charge in [-0.1, -0.05) is 27.7 Å². The number of methoxy groups -OCH3 is 1. The van der Waals surface area contributed by atoms with Crippen molar-refractivity contribution in [3.05, 3.63) is 15.8 Å². The van der Waals surface area contributed by atoms with Crippen LogP contribution in [-0.2, 0) is 24.4 Å². The van der Waals surface area contributed by atoms with Gasteiger partial charge >= 0.3 is 5.97 Å². The highest BCUT2D eigenvalue weighted by Crippen LogP contribution is 2.44. The van der Waals surface area contributed by atoms with Crippen LogP contribution in [-0.4, -0.2) is 44.0 Å². The number of anilines is 1. The summed E-state index contributed by atoms with van der Waals surface area (Å²) in [4.78, 5) is 30.5. The Kier molecular flexibility index (Phi) is 7.23. The molecule has 0 atom stereocenters. The number of nitrogens with zero attached hydrogens (tertiary/aromatic N) is 1. The van der Waals surface area contributed by atoms with E-state index in [1.165, 1.54) is 18.4 Å². The molecule has 3 aliphatic rings. The molecule has 1 saturated heterocycles. The van der Waals surface area contributed by atoms with E-state index in [-0.39, 0.29) is 29.3 Å². The Morgan fingerprint density at radius 1 is 1.06 bits per heavy atom. The maximum absolute atomic E-state index is 14.1. The van der Waals surface area contributed by atoms with Gasteiger partial charge in [-0.25, -0.2) is 4.79 Å². The minimum Gasteiger partial charge on any atom is -0.465 e. The number of amides is 1. The Bertz CT molecular complexity index is 849. The highest BCUT2D eigenvalue weighted by Gasteiger charge is 2.44. The van der Waals surface area contributed by atoms with Gasteiger partial charge in [-0.3, -0.25) is 4.79 Å². The zero-order valence-corrected chi connectivity index (χ0v) is 21.6. The number of hydrogen-bond acceptors (Lipinski definition) is 6. The van der Waals surface area contributed by atoms with E-state index in [0.29, 0.717) is 24.0 Å². The van der Waals surface area contributed by atoms with Crippen LogP contribution in [0.1, 0.15) is 93.6 Å². The molecule has 1 spiro atoms. The van der Waals surface area contributed by atoms with Crippen LogP contribution in [0.3, 0.4) is 0 Å². The average Bonchev–Trinajstić information content (AvgIpc) is 3.43. The predicted molar refractivity (Wildman–Crippen MR) is 130 cm³/mol. The van der Waals surface area contributed by atoms with Crippen molar-refractivity contribution < 1.29 is 23.8 Å². The summed E-state index contributed by atoms with van der Waals surface area (Å²) < 4.78 is 17.0. The van der Waals surface area contributed by atoms with Crippen LogP contribution in [0.5, 0.6) is 0 Å². The van der Waals surface area contributed by atoms with Crippen molar-refractivity contribution in [1.29, 1.82) is 0 Å². The number of esters is 1. The molecule has 184 valence electrons. The van der Waals surface area contributed by atoms with Crippen molar-refractivity contribution in [2.24, 2.45) is 11.8 Å². The first-order chi connectivity index (χ1) is 15.6. The first-order valence-corrected chi connectivity index (χ1v) is 13.3. The number of ether oxygens (including phenoxy) is 3. The van der Waals surface area contributed by atoms with E-state index in [2.05, 4.69) is 33.8 Å². The van der Waals surface area contributed by atoms with Gasteiger partial charge in [0.25, 0.3) is 0 Å². The Hall–Kier alpha value is -1.44. The molecule has 2 saturated carbocycles. The molecule has 7 heteroatoms. The SMILES string of the molecule is COC(=O)c1sc(C(C)(C)C)cc1N(C(=O)[C@H]1CC[C@H](C)CC1)C1CCC2(CC1)OCCO2. The van der Waals surface area contributed by atoms with Crippen LogP contribution in [0, 0.1) is 11.8 Å². The molecule has 3 fully saturated rings. The standard InChI is InChI=1S/C26H39NO5S/c1-17-6-8-18(9-7-17)23(28)27(19-10-12-26(13-11-19)31-14-15-32-26)20-16-21(25(2,3)4)33-22(20)24(29)30-5/h16-19H,6-15H2,1-5H3/t17-,18-. The lowest BCUT2D eigenvalue weighted by Crippen LogP contribution is -2.49. The molecule has 2 aliphatic carbocycles. The van der Waals surface area contributed by atoms with Crippen LogP contribution in [0.2, 0.25) is 0 Å². The fourth-order valence-electron chi connectivity index (χ4n) is 5.45. The highest BCUT2D eigenvalue weighted by atomic mass is 32.1. The van der Waals surface area contributed by atoms with Crippen molar-refractivity contribution in [1.82, 2.24) is 0 Å². The molecule has 1 aromatic rings. The van der Waals surface area contributed by atoms with Gasteiger partial charge in [0.05, 0.1) is 26.0 Å². The molecule has 1 aliphatic heterocycles. The molecule has 1 amide bonds. The summed E-state index contributed by atoms with van der Waals surface area (Å²) in [5.41, 5.74) is 0.609. The molecule has 0 radical (unpaired) electrons. The molecular weight excluding hydrogens is 438 g/mol. The lowest BCUT2D eigenvalue weighted by atomic mass is 9.81. The molecule has 2 heterocycles. The maximum Gasteiger partial charge on any atom is 0.350 e. The van der Waals surface area contributed by atoms with Crippen LogP contribution < -0.4 is 4.90 Å². The fourth-order valence-corrected chi connectivity index (χ4v) is 6.58. The number of carbonyl (C=O) groups excluding carboxylic acids is 2. The minimum atomic E-state index is -0.484. The van der Waals surface area contributed by atoms with E-state index in [1.807, 2.05) is 4.90 Å². The van der Waals surface area contributed by atoms with Gasteiger partial charge in [-0.15, -0.1) is 11.3 Å². The third-order valence-electron chi connectivity index (χ3n) is 7.58. The molecule has 0 bridgehead atoms. The van der Waals surface area contributed by atoms with Crippen molar-refractivity contribution in [3.63, 3.8) is 0 Å².